The highest BCUT2D eigenvalue weighted by molar-refractivity contribution is 7.16. The van der Waals surface area contributed by atoms with Gasteiger partial charge in [0.25, 0.3) is 0 Å². The van der Waals surface area contributed by atoms with Crippen molar-refractivity contribution in [3.63, 3.8) is 0 Å². The van der Waals surface area contributed by atoms with Crippen molar-refractivity contribution in [1.29, 1.82) is 10.5 Å². The van der Waals surface area contributed by atoms with Crippen LogP contribution in [0.1, 0.15) is 28.0 Å². The number of nitriles is 2. The molecule has 1 aliphatic heterocycles. The number of nitrogens with zero attached hydrogens (tertiary/aromatic N) is 5. The Morgan fingerprint density at radius 3 is 2.27 bits per heavy atom. The largest absolute Gasteiger partial charge is 0.394 e. The van der Waals surface area contributed by atoms with E-state index >= 15 is 0 Å². The summed E-state index contributed by atoms with van der Waals surface area (Å²) in [5.74, 6) is 0. The molecule has 2 aromatic rings. The van der Waals surface area contributed by atoms with E-state index in [9.17, 15) is 10.5 Å². The molecule has 0 radical (unpaired) electrons. The van der Waals surface area contributed by atoms with Gasteiger partial charge in [0, 0.05) is 18.8 Å². The zero-order valence-corrected chi connectivity index (χ0v) is 22.0. The van der Waals surface area contributed by atoms with E-state index in [0.29, 0.717) is 73.9 Å². The third-order valence-corrected chi connectivity index (χ3v) is 6.81. The molecule has 0 unspecified atom stereocenters. The quantitative estimate of drug-likeness (QED) is 0.256. The lowest BCUT2D eigenvalue weighted by molar-refractivity contribution is -0.00490. The number of fused-ring (bicyclic) bond motifs is 1. The predicted octanol–water partition coefficient (Wildman–Crippen LogP) is 4.03. The lowest BCUT2D eigenvalue weighted by Gasteiger charge is -2.31. The molecule has 37 heavy (non-hydrogen) atoms. The SMILES string of the molecule is Cc1c(C#N)sc(N=Nc2ccc3c(c2)CCCN3CCOCCOCCOCCOCCO)c1C#N. The summed E-state index contributed by atoms with van der Waals surface area (Å²) in [5.41, 5.74) is 4.19. The van der Waals surface area contributed by atoms with Crippen molar-refractivity contribution in [1.82, 2.24) is 0 Å². The number of aliphatic hydroxyl groups is 1. The van der Waals surface area contributed by atoms with E-state index in [-0.39, 0.29) is 6.61 Å². The van der Waals surface area contributed by atoms with Crippen LogP contribution in [-0.4, -0.2) is 77.7 Å². The Morgan fingerprint density at radius 1 is 0.946 bits per heavy atom. The molecule has 11 heteroatoms. The van der Waals surface area contributed by atoms with Crippen LogP contribution in [0.25, 0.3) is 0 Å². The average molecular weight is 528 g/mol. The van der Waals surface area contributed by atoms with Crippen LogP contribution in [0.4, 0.5) is 16.4 Å². The first-order valence-corrected chi connectivity index (χ1v) is 13.1. The molecule has 0 saturated heterocycles. The van der Waals surface area contributed by atoms with Gasteiger partial charge in [0.15, 0.2) is 5.00 Å². The average Bonchev–Trinajstić information content (AvgIpc) is 3.24. The van der Waals surface area contributed by atoms with Crippen molar-refractivity contribution in [2.24, 2.45) is 10.2 Å². The van der Waals surface area contributed by atoms with Gasteiger partial charge in [-0.2, -0.15) is 10.5 Å². The number of aliphatic hydroxyl groups excluding tert-OH is 1. The van der Waals surface area contributed by atoms with Crippen molar-refractivity contribution in [3.05, 3.63) is 39.8 Å². The molecule has 2 heterocycles. The normalized spacial score (nSPS) is 13.0. The Morgan fingerprint density at radius 2 is 1.62 bits per heavy atom. The standard InChI is InChI=1S/C26H33N5O5S/c1-20-23(18-27)26(37-25(20)19-28)30-29-22-4-5-24-21(17-22)3-2-6-31(24)7-9-33-11-13-35-15-16-36-14-12-34-10-8-32/h4-5,17,32H,2-3,6-16H2,1H3. The molecule has 3 rings (SSSR count). The highest BCUT2D eigenvalue weighted by Gasteiger charge is 2.18. The number of thiophene rings is 1. The van der Waals surface area contributed by atoms with E-state index in [1.54, 1.807) is 6.92 Å². The van der Waals surface area contributed by atoms with Crippen LogP contribution in [0, 0.1) is 29.6 Å². The smallest absolute Gasteiger partial charge is 0.158 e. The molecule has 0 aliphatic carbocycles. The van der Waals surface area contributed by atoms with Gasteiger partial charge in [-0.25, -0.2) is 0 Å². The zero-order valence-electron chi connectivity index (χ0n) is 21.1. The van der Waals surface area contributed by atoms with Crippen molar-refractivity contribution in [3.8, 4) is 12.1 Å². The van der Waals surface area contributed by atoms with Gasteiger partial charge in [0.1, 0.15) is 17.0 Å². The molecule has 1 N–H and O–H groups in total. The molecule has 0 saturated carbocycles. The summed E-state index contributed by atoms with van der Waals surface area (Å²) >= 11 is 1.19. The predicted molar refractivity (Wildman–Crippen MR) is 140 cm³/mol. The van der Waals surface area contributed by atoms with Crippen LogP contribution in [-0.2, 0) is 25.4 Å². The minimum Gasteiger partial charge on any atom is -0.394 e. The molecular weight excluding hydrogens is 494 g/mol. The maximum Gasteiger partial charge on any atom is 0.158 e. The Labute approximate surface area is 221 Å². The van der Waals surface area contributed by atoms with E-state index < -0.39 is 0 Å². The van der Waals surface area contributed by atoms with Gasteiger partial charge in [-0.1, -0.05) is 0 Å². The van der Waals surface area contributed by atoms with Crippen LogP contribution in [0.2, 0.25) is 0 Å². The molecule has 0 amide bonds. The Balaban J connectivity index is 1.39. The van der Waals surface area contributed by atoms with E-state index in [1.807, 2.05) is 12.1 Å². The summed E-state index contributed by atoms with van der Waals surface area (Å²) in [6.07, 6.45) is 2.02. The molecule has 1 aromatic carbocycles. The number of hydrogen-bond acceptors (Lipinski definition) is 11. The molecule has 1 aromatic heterocycles. The number of aryl methyl sites for hydroxylation is 1. The van der Waals surface area contributed by atoms with E-state index in [4.69, 9.17) is 24.1 Å². The summed E-state index contributed by atoms with van der Waals surface area (Å²) in [6, 6.07) is 10.3. The molecule has 1 aliphatic rings. The summed E-state index contributed by atoms with van der Waals surface area (Å²) in [5, 5.41) is 36.3. The molecule has 198 valence electrons. The summed E-state index contributed by atoms with van der Waals surface area (Å²) in [6.45, 7) is 7.50. The second kappa shape index (κ2) is 16.0. The van der Waals surface area contributed by atoms with Crippen molar-refractivity contribution >= 4 is 27.7 Å². The van der Waals surface area contributed by atoms with E-state index in [2.05, 4.69) is 33.3 Å². The van der Waals surface area contributed by atoms with Crippen LogP contribution in [0.3, 0.4) is 0 Å². The first kappa shape index (κ1) is 28.7. The number of hydrogen-bond donors (Lipinski definition) is 1. The fourth-order valence-electron chi connectivity index (χ4n) is 3.87. The van der Waals surface area contributed by atoms with Gasteiger partial charge in [0.2, 0.25) is 0 Å². The Kier molecular flexibility index (Phi) is 12.4. The van der Waals surface area contributed by atoms with Crippen molar-refractivity contribution in [2.45, 2.75) is 19.8 Å². The topological polar surface area (TPSA) is 133 Å². The van der Waals surface area contributed by atoms with Gasteiger partial charge >= 0.3 is 0 Å². The van der Waals surface area contributed by atoms with Gasteiger partial charge in [-0.3, -0.25) is 0 Å². The molecular formula is C26H33N5O5S. The first-order valence-electron chi connectivity index (χ1n) is 12.3. The van der Waals surface area contributed by atoms with Gasteiger partial charge in [-0.15, -0.1) is 21.6 Å². The second-order valence-corrected chi connectivity index (χ2v) is 9.24. The molecule has 0 atom stereocenters. The van der Waals surface area contributed by atoms with Crippen LogP contribution in [0.5, 0.6) is 0 Å². The maximum absolute atomic E-state index is 9.39. The van der Waals surface area contributed by atoms with Crippen LogP contribution < -0.4 is 4.90 Å². The summed E-state index contributed by atoms with van der Waals surface area (Å²) < 4.78 is 21.7. The van der Waals surface area contributed by atoms with Gasteiger partial charge < -0.3 is 29.0 Å². The minimum absolute atomic E-state index is 0.0229. The summed E-state index contributed by atoms with van der Waals surface area (Å²) in [4.78, 5) is 2.81. The zero-order chi connectivity index (χ0) is 26.3. The van der Waals surface area contributed by atoms with Crippen molar-refractivity contribution < 1.29 is 24.1 Å². The van der Waals surface area contributed by atoms with Gasteiger partial charge in [-0.05, 0) is 49.1 Å². The molecule has 0 bridgehead atoms. The minimum atomic E-state index is 0.0229. The third kappa shape index (κ3) is 8.86. The third-order valence-electron chi connectivity index (χ3n) is 5.73. The van der Waals surface area contributed by atoms with Crippen LogP contribution in [0.15, 0.2) is 28.4 Å². The molecule has 0 spiro atoms. The number of rotatable bonds is 16. The Hall–Kier alpha value is -2.90. The highest BCUT2D eigenvalue weighted by Crippen LogP contribution is 2.36. The number of benzene rings is 1. The molecule has 10 nitrogen and oxygen atoms in total. The summed E-state index contributed by atoms with van der Waals surface area (Å²) in [7, 11) is 0. The number of ether oxygens (including phenoxy) is 4. The number of azo groups is 1. The number of anilines is 1. The van der Waals surface area contributed by atoms with E-state index in [0.717, 1.165) is 31.6 Å². The highest BCUT2D eigenvalue weighted by atomic mass is 32.1. The van der Waals surface area contributed by atoms with E-state index in [1.165, 1.54) is 22.6 Å². The second-order valence-electron chi connectivity index (χ2n) is 8.24. The Bertz CT molecular complexity index is 1110. The lowest BCUT2D eigenvalue weighted by Crippen LogP contribution is -2.32. The maximum atomic E-state index is 9.39. The molecule has 0 fully saturated rings. The monoisotopic (exact) mass is 527 g/mol. The van der Waals surface area contributed by atoms with Crippen LogP contribution >= 0.6 is 11.3 Å². The first-order chi connectivity index (χ1) is 18.2. The fourth-order valence-corrected chi connectivity index (χ4v) is 4.74. The van der Waals surface area contributed by atoms with Gasteiger partial charge in [0.05, 0.1) is 70.7 Å². The van der Waals surface area contributed by atoms with Crippen molar-refractivity contribution in [2.75, 3.05) is 77.5 Å². The fraction of sp³-hybridized carbons (Fsp3) is 0.538. The lowest BCUT2D eigenvalue weighted by atomic mass is 10.0.